The van der Waals surface area contributed by atoms with Crippen molar-refractivity contribution in [3.63, 3.8) is 0 Å². The average molecular weight is 400 g/mol. The molecule has 1 aromatic rings. The molecule has 1 heterocycles. The van der Waals surface area contributed by atoms with Gasteiger partial charge in [0.25, 0.3) is 0 Å². The molecule has 0 bridgehead atoms. The fourth-order valence-corrected chi connectivity index (χ4v) is 18.8. The van der Waals surface area contributed by atoms with Crippen LogP contribution in [0, 0.1) is 12.7 Å². The van der Waals surface area contributed by atoms with Crippen molar-refractivity contribution in [1.29, 1.82) is 0 Å². The third kappa shape index (κ3) is 5.54. The molecule has 1 aromatic heterocycles. The van der Waals surface area contributed by atoms with Crippen LogP contribution in [0.2, 0.25) is 13.3 Å². The first-order chi connectivity index (χ1) is 10.1. The molecular formula is C18H32FNSn. The Morgan fingerprint density at radius 2 is 1.43 bits per heavy atom. The average Bonchev–Trinajstić information content (AvgIpc) is 2.50. The molecule has 0 aliphatic carbocycles. The predicted octanol–water partition coefficient (Wildman–Crippen LogP) is 5.59. The summed E-state index contributed by atoms with van der Waals surface area (Å²) < 4.78 is 19.5. The van der Waals surface area contributed by atoms with Gasteiger partial charge in [-0.2, -0.15) is 0 Å². The summed E-state index contributed by atoms with van der Waals surface area (Å²) in [6.07, 6.45) is 9.68. The van der Waals surface area contributed by atoms with Gasteiger partial charge in [0, 0.05) is 0 Å². The Morgan fingerprint density at radius 1 is 0.952 bits per heavy atom. The number of halogens is 1. The minimum absolute atomic E-state index is 0.0990. The van der Waals surface area contributed by atoms with Crippen molar-refractivity contribution in [2.24, 2.45) is 0 Å². The van der Waals surface area contributed by atoms with Gasteiger partial charge in [-0.05, 0) is 0 Å². The number of aromatic nitrogens is 1. The second-order valence-electron chi connectivity index (χ2n) is 6.38. The number of pyridine rings is 1. The molecule has 0 aliphatic rings. The molecule has 0 aromatic carbocycles. The Morgan fingerprint density at radius 3 is 1.81 bits per heavy atom. The molecule has 0 atom stereocenters. The number of unbranched alkanes of at least 4 members (excludes halogenated alkanes) is 3. The first kappa shape index (κ1) is 18.9. The van der Waals surface area contributed by atoms with E-state index in [4.69, 9.17) is 0 Å². The van der Waals surface area contributed by atoms with Crippen LogP contribution in [0.15, 0.2) is 12.3 Å². The molecule has 120 valence electrons. The molecule has 1 rings (SSSR count). The summed E-state index contributed by atoms with van der Waals surface area (Å²) in [4.78, 5) is 4.35. The van der Waals surface area contributed by atoms with E-state index in [1.807, 2.05) is 12.3 Å². The van der Waals surface area contributed by atoms with Crippen LogP contribution in [0.4, 0.5) is 4.39 Å². The molecule has 0 aliphatic heterocycles. The van der Waals surface area contributed by atoms with E-state index >= 15 is 0 Å². The Hall–Kier alpha value is -0.121. The van der Waals surface area contributed by atoms with Crippen LogP contribution < -0.4 is 3.58 Å². The Kier molecular flexibility index (Phi) is 8.84. The monoisotopic (exact) mass is 401 g/mol. The van der Waals surface area contributed by atoms with Gasteiger partial charge < -0.3 is 0 Å². The van der Waals surface area contributed by atoms with Crippen molar-refractivity contribution in [3.05, 3.63) is 23.8 Å². The number of hydrogen-bond acceptors (Lipinski definition) is 1. The Balaban J connectivity index is 3.12. The van der Waals surface area contributed by atoms with Crippen LogP contribution in [0.3, 0.4) is 0 Å². The van der Waals surface area contributed by atoms with Gasteiger partial charge in [-0.3, -0.25) is 0 Å². The second kappa shape index (κ2) is 9.81. The molecule has 21 heavy (non-hydrogen) atoms. The summed E-state index contributed by atoms with van der Waals surface area (Å²) in [5.41, 5.74) is 0.542. The summed E-state index contributed by atoms with van der Waals surface area (Å²) in [7, 11) is 0. The Bertz CT molecular complexity index is 398. The van der Waals surface area contributed by atoms with Crippen molar-refractivity contribution < 1.29 is 4.39 Å². The molecule has 1 nitrogen and oxygen atoms in total. The van der Waals surface area contributed by atoms with E-state index in [0.717, 1.165) is 0 Å². The maximum atomic E-state index is 14.0. The van der Waals surface area contributed by atoms with Crippen LogP contribution in [0.1, 0.15) is 65.0 Å². The van der Waals surface area contributed by atoms with Crippen molar-refractivity contribution in [2.45, 2.75) is 79.5 Å². The number of aryl methyl sites for hydroxylation is 1. The summed E-state index contributed by atoms with van der Waals surface area (Å²) in [5, 5.41) is 0. The summed E-state index contributed by atoms with van der Waals surface area (Å²) in [6, 6.07) is 1.85. The van der Waals surface area contributed by atoms with Gasteiger partial charge in [0.2, 0.25) is 0 Å². The van der Waals surface area contributed by atoms with Gasteiger partial charge in [-0.1, -0.05) is 0 Å². The summed E-state index contributed by atoms with van der Waals surface area (Å²) in [5.74, 6) is -0.0990. The molecule has 3 heteroatoms. The van der Waals surface area contributed by atoms with E-state index in [2.05, 4.69) is 25.8 Å². The molecule has 0 saturated carbocycles. The van der Waals surface area contributed by atoms with Gasteiger partial charge in [-0.15, -0.1) is 0 Å². The fraction of sp³-hybridized carbons (Fsp3) is 0.722. The molecule has 0 amide bonds. The van der Waals surface area contributed by atoms with Crippen LogP contribution in [-0.4, -0.2) is 23.4 Å². The molecule has 0 N–H and O–H groups in total. The first-order valence-corrected chi connectivity index (χ1v) is 16.2. The minimum atomic E-state index is -2.47. The molecule has 0 fully saturated rings. The zero-order chi connectivity index (χ0) is 15.7. The zero-order valence-electron chi connectivity index (χ0n) is 14.3. The normalized spacial score (nSPS) is 11.9. The summed E-state index contributed by atoms with van der Waals surface area (Å²) >= 11 is -2.47. The van der Waals surface area contributed by atoms with Crippen LogP contribution >= 0.6 is 0 Å². The molecule has 0 saturated heterocycles. The third-order valence-corrected chi connectivity index (χ3v) is 20.2. The quantitative estimate of drug-likeness (QED) is 0.467. The standard InChI is InChI=1S/C6H5FN.3C4H9.Sn/c1-5-6(7)3-2-4-8-5;3*1-3-4-2;/h3-4H,1H3;3*1,3-4H2,2H3;. The van der Waals surface area contributed by atoms with E-state index in [1.165, 1.54) is 55.4 Å². The van der Waals surface area contributed by atoms with Crippen LogP contribution in [0.25, 0.3) is 0 Å². The van der Waals surface area contributed by atoms with Gasteiger partial charge in [0.15, 0.2) is 0 Å². The fourth-order valence-electron chi connectivity index (χ4n) is 3.15. The topological polar surface area (TPSA) is 12.9 Å². The van der Waals surface area contributed by atoms with Gasteiger partial charge in [0.05, 0.1) is 0 Å². The van der Waals surface area contributed by atoms with Crippen LogP contribution in [0.5, 0.6) is 0 Å². The van der Waals surface area contributed by atoms with Crippen LogP contribution in [-0.2, 0) is 0 Å². The van der Waals surface area contributed by atoms with E-state index in [0.29, 0.717) is 5.69 Å². The van der Waals surface area contributed by atoms with Gasteiger partial charge >= 0.3 is 135 Å². The Labute approximate surface area is 134 Å². The van der Waals surface area contributed by atoms with E-state index in [-0.39, 0.29) is 5.82 Å². The zero-order valence-corrected chi connectivity index (χ0v) is 17.2. The SMILES string of the molecule is CCC[CH2][Sn]([CH2]CCC)([CH2]CCC)[c]1cnc(C)c(F)c1. The van der Waals surface area contributed by atoms with Crippen molar-refractivity contribution >= 4 is 22.0 Å². The van der Waals surface area contributed by atoms with Gasteiger partial charge in [0.1, 0.15) is 0 Å². The van der Waals surface area contributed by atoms with E-state index in [1.54, 1.807) is 6.92 Å². The van der Waals surface area contributed by atoms with E-state index < -0.39 is 18.4 Å². The molecule has 0 spiro atoms. The van der Waals surface area contributed by atoms with Gasteiger partial charge in [-0.25, -0.2) is 0 Å². The third-order valence-electron chi connectivity index (χ3n) is 4.66. The maximum absolute atomic E-state index is 14.0. The molecular weight excluding hydrogens is 368 g/mol. The number of nitrogens with zero attached hydrogens (tertiary/aromatic N) is 1. The molecule has 0 radical (unpaired) electrons. The second-order valence-corrected chi connectivity index (χ2v) is 19.6. The number of rotatable bonds is 10. The van der Waals surface area contributed by atoms with E-state index in [9.17, 15) is 4.39 Å². The molecule has 0 unspecified atom stereocenters. The predicted molar refractivity (Wildman–Crippen MR) is 93.5 cm³/mol. The number of hydrogen-bond donors (Lipinski definition) is 0. The van der Waals surface area contributed by atoms with Crippen molar-refractivity contribution in [2.75, 3.05) is 0 Å². The van der Waals surface area contributed by atoms with Crippen molar-refractivity contribution in [3.8, 4) is 0 Å². The summed E-state index contributed by atoms with van der Waals surface area (Å²) in [6.45, 7) is 8.57. The first-order valence-electron chi connectivity index (χ1n) is 8.72. The van der Waals surface area contributed by atoms with Crippen molar-refractivity contribution in [1.82, 2.24) is 4.98 Å².